The summed E-state index contributed by atoms with van der Waals surface area (Å²) in [6.07, 6.45) is 5.82. The lowest BCUT2D eigenvalue weighted by atomic mass is 9.92. The van der Waals surface area contributed by atoms with Gasteiger partial charge in [-0.2, -0.15) is 4.98 Å². The van der Waals surface area contributed by atoms with Crippen LogP contribution in [0.5, 0.6) is 0 Å². The van der Waals surface area contributed by atoms with Gasteiger partial charge in [-0.25, -0.2) is 0 Å². The third-order valence-corrected chi connectivity index (χ3v) is 4.74. The fourth-order valence-electron chi connectivity index (χ4n) is 3.39. The number of hydrogen-bond donors (Lipinski definition) is 2. The summed E-state index contributed by atoms with van der Waals surface area (Å²) in [5, 5.41) is 11.5. The van der Waals surface area contributed by atoms with Crippen LogP contribution in [0.4, 0.5) is 5.95 Å². The minimum absolute atomic E-state index is 0.510. The second kappa shape index (κ2) is 5.27. The Morgan fingerprint density at radius 1 is 1.33 bits per heavy atom. The molecule has 0 aromatic carbocycles. The SMILES string of the molecule is Clc1cnccc1-c1nc(N2CCCC3CNCC32)n[nH]1. The van der Waals surface area contributed by atoms with Gasteiger partial charge in [-0.15, -0.1) is 5.10 Å². The van der Waals surface area contributed by atoms with Crippen molar-refractivity contribution in [2.75, 3.05) is 24.5 Å². The largest absolute Gasteiger partial charge is 0.335 e. The lowest BCUT2D eigenvalue weighted by molar-refractivity contribution is 0.381. The molecule has 4 rings (SSSR count). The van der Waals surface area contributed by atoms with Crippen LogP contribution < -0.4 is 10.2 Å². The summed E-state index contributed by atoms with van der Waals surface area (Å²) < 4.78 is 0. The third-order valence-electron chi connectivity index (χ3n) is 4.44. The highest BCUT2D eigenvalue weighted by atomic mass is 35.5. The molecule has 2 saturated heterocycles. The van der Waals surface area contributed by atoms with Crippen molar-refractivity contribution in [2.45, 2.75) is 18.9 Å². The van der Waals surface area contributed by atoms with Crippen molar-refractivity contribution in [3.63, 3.8) is 0 Å². The van der Waals surface area contributed by atoms with Gasteiger partial charge >= 0.3 is 0 Å². The molecule has 110 valence electrons. The van der Waals surface area contributed by atoms with E-state index in [9.17, 15) is 0 Å². The zero-order valence-electron chi connectivity index (χ0n) is 11.6. The summed E-state index contributed by atoms with van der Waals surface area (Å²) in [4.78, 5) is 11.0. The quantitative estimate of drug-likeness (QED) is 0.884. The molecule has 2 fully saturated rings. The van der Waals surface area contributed by atoms with E-state index in [1.807, 2.05) is 6.07 Å². The molecule has 2 aliphatic rings. The average molecular weight is 305 g/mol. The maximum atomic E-state index is 6.17. The van der Waals surface area contributed by atoms with Gasteiger partial charge in [0.2, 0.25) is 5.95 Å². The summed E-state index contributed by atoms with van der Waals surface area (Å²) in [7, 11) is 0. The number of pyridine rings is 1. The van der Waals surface area contributed by atoms with Gasteiger partial charge in [-0.05, 0) is 24.8 Å². The Balaban J connectivity index is 1.64. The molecule has 2 N–H and O–H groups in total. The van der Waals surface area contributed by atoms with Crippen molar-refractivity contribution in [2.24, 2.45) is 5.92 Å². The predicted octanol–water partition coefficient (Wildman–Crippen LogP) is 1.71. The molecule has 2 aliphatic heterocycles. The first kappa shape index (κ1) is 13.0. The van der Waals surface area contributed by atoms with Gasteiger partial charge in [0.1, 0.15) is 0 Å². The second-order valence-corrected chi connectivity index (χ2v) is 6.07. The van der Waals surface area contributed by atoms with Gasteiger partial charge in [0, 0.05) is 43.6 Å². The molecule has 0 aliphatic carbocycles. The Bertz CT molecular complexity index is 642. The number of aromatic nitrogens is 4. The number of rotatable bonds is 2. The van der Waals surface area contributed by atoms with Crippen LogP contribution in [-0.2, 0) is 0 Å². The number of nitrogens with zero attached hydrogens (tertiary/aromatic N) is 4. The number of H-pyrrole nitrogens is 1. The number of nitrogens with one attached hydrogen (secondary N) is 2. The Morgan fingerprint density at radius 3 is 3.19 bits per heavy atom. The van der Waals surface area contributed by atoms with Crippen molar-refractivity contribution in [3.8, 4) is 11.4 Å². The van der Waals surface area contributed by atoms with Gasteiger partial charge in [0.25, 0.3) is 0 Å². The van der Waals surface area contributed by atoms with Gasteiger partial charge < -0.3 is 10.2 Å². The van der Waals surface area contributed by atoms with Crippen LogP contribution in [-0.4, -0.2) is 45.8 Å². The molecule has 6 nitrogen and oxygen atoms in total. The molecule has 4 heterocycles. The number of aromatic amines is 1. The van der Waals surface area contributed by atoms with E-state index in [4.69, 9.17) is 11.6 Å². The normalized spacial score (nSPS) is 25.1. The molecule has 0 bridgehead atoms. The van der Waals surface area contributed by atoms with E-state index in [0.29, 0.717) is 22.8 Å². The fraction of sp³-hybridized carbons (Fsp3) is 0.500. The smallest absolute Gasteiger partial charge is 0.245 e. The molecule has 2 unspecified atom stereocenters. The molecule has 21 heavy (non-hydrogen) atoms. The maximum absolute atomic E-state index is 6.17. The van der Waals surface area contributed by atoms with Crippen LogP contribution in [0.15, 0.2) is 18.5 Å². The molecule has 2 aromatic heterocycles. The number of fused-ring (bicyclic) bond motifs is 1. The molecule has 2 atom stereocenters. The van der Waals surface area contributed by atoms with Crippen LogP contribution in [0.1, 0.15) is 12.8 Å². The van der Waals surface area contributed by atoms with Crippen LogP contribution >= 0.6 is 11.6 Å². The zero-order valence-corrected chi connectivity index (χ0v) is 12.3. The van der Waals surface area contributed by atoms with Gasteiger partial charge in [0.15, 0.2) is 5.82 Å². The molecule has 7 heteroatoms. The Morgan fingerprint density at radius 2 is 2.29 bits per heavy atom. The topological polar surface area (TPSA) is 69.7 Å². The monoisotopic (exact) mass is 304 g/mol. The van der Waals surface area contributed by atoms with E-state index in [-0.39, 0.29) is 0 Å². The van der Waals surface area contributed by atoms with E-state index in [0.717, 1.165) is 31.1 Å². The highest BCUT2D eigenvalue weighted by molar-refractivity contribution is 6.33. The lowest BCUT2D eigenvalue weighted by Crippen LogP contribution is -2.45. The van der Waals surface area contributed by atoms with Crippen LogP contribution in [0.25, 0.3) is 11.4 Å². The van der Waals surface area contributed by atoms with Crippen LogP contribution in [0, 0.1) is 5.92 Å². The van der Waals surface area contributed by atoms with Crippen molar-refractivity contribution < 1.29 is 0 Å². The minimum Gasteiger partial charge on any atom is -0.335 e. The zero-order chi connectivity index (χ0) is 14.2. The summed E-state index contributed by atoms with van der Waals surface area (Å²) in [6, 6.07) is 2.36. The molecular formula is C14H17ClN6. The van der Waals surface area contributed by atoms with E-state index < -0.39 is 0 Å². The molecule has 0 radical (unpaired) electrons. The predicted molar refractivity (Wildman–Crippen MR) is 81.4 cm³/mol. The van der Waals surface area contributed by atoms with Crippen LogP contribution in [0.2, 0.25) is 5.02 Å². The first-order valence-corrected chi connectivity index (χ1v) is 7.70. The lowest BCUT2D eigenvalue weighted by Gasteiger charge is -2.36. The van der Waals surface area contributed by atoms with E-state index in [1.165, 1.54) is 12.8 Å². The fourth-order valence-corrected chi connectivity index (χ4v) is 3.59. The van der Waals surface area contributed by atoms with Crippen LogP contribution in [0.3, 0.4) is 0 Å². The van der Waals surface area contributed by atoms with Gasteiger partial charge in [-0.3, -0.25) is 10.1 Å². The van der Waals surface area contributed by atoms with Crippen molar-refractivity contribution in [3.05, 3.63) is 23.5 Å². The van der Waals surface area contributed by atoms with Gasteiger partial charge in [0.05, 0.1) is 5.02 Å². The number of halogens is 1. The number of anilines is 1. The maximum Gasteiger partial charge on any atom is 0.245 e. The summed E-state index contributed by atoms with van der Waals surface area (Å²) >= 11 is 6.17. The second-order valence-electron chi connectivity index (χ2n) is 5.66. The van der Waals surface area contributed by atoms with E-state index in [2.05, 4.69) is 30.4 Å². The van der Waals surface area contributed by atoms with E-state index >= 15 is 0 Å². The van der Waals surface area contributed by atoms with Crippen molar-refractivity contribution >= 4 is 17.5 Å². The standard InChI is InChI=1S/C14H17ClN6/c15-11-7-16-4-3-10(11)13-18-14(20-19-13)21-5-1-2-9-6-17-8-12(9)21/h3-4,7,9,12,17H,1-2,5-6,8H2,(H,18,19,20). The molecule has 0 amide bonds. The number of piperidine rings is 1. The third kappa shape index (κ3) is 2.28. The highest BCUT2D eigenvalue weighted by Gasteiger charge is 2.36. The summed E-state index contributed by atoms with van der Waals surface area (Å²) in [6.45, 7) is 3.14. The Labute approximate surface area is 127 Å². The van der Waals surface area contributed by atoms with E-state index in [1.54, 1.807) is 12.4 Å². The molecule has 0 saturated carbocycles. The van der Waals surface area contributed by atoms with Gasteiger partial charge in [-0.1, -0.05) is 11.6 Å². The van der Waals surface area contributed by atoms with Crippen molar-refractivity contribution in [1.82, 2.24) is 25.5 Å². The molecular weight excluding hydrogens is 288 g/mol. The number of hydrogen-bond acceptors (Lipinski definition) is 5. The first-order valence-electron chi connectivity index (χ1n) is 7.32. The minimum atomic E-state index is 0.510. The Hall–Kier alpha value is -1.66. The molecule has 0 spiro atoms. The molecule has 2 aromatic rings. The summed E-state index contributed by atoms with van der Waals surface area (Å²) in [5.74, 6) is 2.19. The average Bonchev–Trinajstić information content (AvgIpc) is 3.16. The Kier molecular flexibility index (Phi) is 3.27. The van der Waals surface area contributed by atoms with Crippen molar-refractivity contribution in [1.29, 1.82) is 0 Å². The first-order chi connectivity index (χ1) is 10.3. The summed E-state index contributed by atoms with van der Waals surface area (Å²) in [5.41, 5.74) is 0.837. The highest BCUT2D eigenvalue weighted by Crippen LogP contribution is 2.30.